The van der Waals surface area contributed by atoms with Crippen LogP contribution >= 0.6 is 0 Å². The fraction of sp³-hybridized carbons (Fsp3) is 0.111. The molecule has 0 bridgehead atoms. The molecule has 0 unspecified atom stereocenters. The molecular formula is C18H16N6. The highest BCUT2D eigenvalue weighted by Gasteiger charge is 2.07. The van der Waals surface area contributed by atoms with Crippen LogP contribution in [0.2, 0.25) is 0 Å². The Kier molecular flexibility index (Phi) is 4.63. The summed E-state index contributed by atoms with van der Waals surface area (Å²) < 4.78 is 0. The molecule has 6 heteroatoms. The van der Waals surface area contributed by atoms with Crippen LogP contribution in [0.4, 0.5) is 17.5 Å². The Morgan fingerprint density at radius 2 is 1.83 bits per heavy atom. The lowest BCUT2D eigenvalue weighted by molar-refractivity contribution is 0.866. The van der Waals surface area contributed by atoms with Gasteiger partial charge >= 0.3 is 0 Å². The Balaban J connectivity index is 1.72. The molecule has 1 aromatic heterocycles. The Labute approximate surface area is 140 Å². The number of anilines is 3. The Morgan fingerprint density at radius 1 is 1.08 bits per heavy atom. The molecule has 0 fully saturated rings. The van der Waals surface area contributed by atoms with Crippen molar-refractivity contribution in [1.82, 2.24) is 15.2 Å². The van der Waals surface area contributed by atoms with Crippen molar-refractivity contribution in [2.45, 2.75) is 6.54 Å². The van der Waals surface area contributed by atoms with Crippen LogP contribution in [-0.4, -0.2) is 22.2 Å². The minimum absolute atomic E-state index is 0.414. The van der Waals surface area contributed by atoms with Crippen molar-refractivity contribution in [3.05, 3.63) is 71.9 Å². The summed E-state index contributed by atoms with van der Waals surface area (Å²) in [5.41, 5.74) is 2.61. The first-order valence-electron chi connectivity index (χ1n) is 7.46. The molecule has 0 amide bonds. The van der Waals surface area contributed by atoms with Gasteiger partial charge < -0.3 is 10.2 Å². The molecule has 3 aromatic rings. The molecule has 0 radical (unpaired) electrons. The van der Waals surface area contributed by atoms with Gasteiger partial charge in [-0.2, -0.15) is 15.3 Å². The van der Waals surface area contributed by atoms with Gasteiger partial charge in [0.25, 0.3) is 0 Å². The lowest BCUT2D eigenvalue weighted by Crippen LogP contribution is -2.18. The third kappa shape index (κ3) is 3.84. The first-order valence-corrected chi connectivity index (χ1v) is 7.46. The Hall–Kier alpha value is -3.46. The number of hydrogen-bond acceptors (Lipinski definition) is 6. The summed E-state index contributed by atoms with van der Waals surface area (Å²) in [6, 6.07) is 19.3. The van der Waals surface area contributed by atoms with E-state index in [9.17, 15) is 0 Å². The zero-order chi connectivity index (χ0) is 16.8. The van der Waals surface area contributed by atoms with Crippen molar-refractivity contribution < 1.29 is 0 Å². The molecule has 0 aliphatic rings. The summed E-state index contributed by atoms with van der Waals surface area (Å²) in [5.74, 6) is 1.14. The van der Waals surface area contributed by atoms with E-state index in [1.807, 2.05) is 42.3 Å². The quantitative estimate of drug-likeness (QED) is 0.779. The van der Waals surface area contributed by atoms with Crippen LogP contribution in [0.25, 0.3) is 0 Å². The molecule has 118 valence electrons. The summed E-state index contributed by atoms with van der Waals surface area (Å²) >= 11 is 0. The van der Waals surface area contributed by atoms with Gasteiger partial charge in [-0.1, -0.05) is 30.3 Å². The van der Waals surface area contributed by atoms with Crippen LogP contribution in [0.1, 0.15) is 11.1 Å². The summed E-state index contributed by atoms with van der Waals surface area (Å²) in [7, 11) is 1.96. The lowest BCUT2D eigenvalue weighted by atomic mass is 10.2. The first-order chi connectivity index (χ1) is 11.7. The summed E-state index contributed by atoms with van der Waals surface area (Å²) in [4.78, 5) is 6.49. The third-order valence-corrected chi connectivity index (χ3v) is 3.47. The second-order valence-corrected chi connectivity index (χ2v) is 5.29. The van der Waals surface area contributed by atoms with Crippen LogP contribution < -0.4 is 10.2 Å². The fourth-order valence-electron chi connectivity index (χ4n) is 2.23. The van der Waals surface area contributed by atoms with Gasteiger partial charge in [0.2, 0.25) is 5.95 Å². The lowest BCUT2D eigenvalue weighted by Gasteiger charge is -2.18. The van der Waals surface area contributed by atoms with Gasteiger partial charge in [-0.3, -0.25) is 0 Å². The van der Waals surface area contributed by atoms with Gasteiger partial charge in [-0.15, -0.1) is 5.10 Å². The molecule has 0 spiro atoms. The smallest absolute Gasteiger partial charge is 0.249 e. The number of nitrogens with zero attached hydrogens (tertiary/aromatic N) is 5. The summed E-state index contributed by atoms with van der Waals surface area (Å²) in [6.07, 6.45) is 1.63. The highest BCUT2D eigenvalue weighted by Crippen LogP contribution is 2.16. The van der Waals surface area contributed by atoms with Crippen LogP contribution in [0, 0.1) is 11.3 Å². The molecule has 0 aliphatic carbocycles. The van der Waals surface area contributed by atoms with E-state index in [0.29, 0.717) is 11.5 Å². The third-order valence-electron chi connectivity index (χ3n) is 3.47. The molecule has 2 aromatic carbocycles. The largest absolute Gasteiger partial charge is 0.354 e. The van der Waals surface area contributed by atoms with Crippen LogP contribution in [-0.2, 0) is 6.54 Å². The normalized spacial score (nSPS) is 10.0. The molecule has 24 heavy (non-hydrogen) atoms. The van der Waals surface area contributed by atoms with Gasteiger partial charge in [0.1, 0.15) is 0 Å². The van der Waals surface area contributed by atoms with Crippen molar-refractivity contribution in [2.75, 3.05) is 17.3 Å². The second-order valence-electron chi connectivity index (χ2n) is 5.29. The highest BCUT2D eigenvalue weighted by atomic mass is 15.3. The van der Waals surface area contributed by atoms with Gasteiger partial charge in [-0.25, -0.2) is 0 Å². The van der Waals surface area contributed by atoms with Crippen molar-refractivity contribution in [3.63, 3.8) is 0 Å². The van der Waals surface area contributed by atoms with Crippen LogP contribution in [0.5, 0.6) is 0 Å². The minimum atomic E-state index is 0.414. The van der Waals surface area contributed by atoms with E-state index in [0.717, 1.165) is 18.1 Å². The molecule has 0 saturated heterocycles. The fourth-order valence-corrected chi connectivity index (χ4v) is 2.23. The number of rotatable bonds is 5. The molecular weight excluding hydrogens is 300 g/mol. The predicted molar refractivity (Wildman–Crippen MR) is 92.8 cm³/mol. The molecule has 1 N–H and O–H groups in total. The van der Waals surface area contributed by atoms with Crippen molar-refractivity contribution in [2.24, 2.45) is 0 Å². The van der Waals surface area contributed by atoms with Gasteiger partial charge in [0.05, 0.1) is 17.8 Å². The average Bonchev–Trinajstić information content (AvgIpc) is 2.63. The number of aromatic nitrogens is 3. The topological polar surface area (TPSA) is 77.7 Å². The number of benzene rings is 2. The van der Waals surface area contributed by atoms with Gasteiger partial charge in [-0.05, 0) is 29.8 Å². The van der Waals surface area contributed by atoms with E-state index in [1.54, 1.807) is 18.3 Å². The van der Waals surface area contributed by atoms with Crippen molar-refractivity contribution >= 4 is 17.5 Å². The number of hydrogen-bond donors (Lipinski definition) is 1. The number of nitrogens with one attached hydrogen (secondary N) is 1. The second kappa shape index (κ2) is 7.20. The van der Waals surface area contributed by atoms with E-state index in [-0.39, 0.29) is 0 Å². The summed E-state index contributed by atoms with van der Waals surface area (Å²) in [5, 5.41) is 19.9. The average molecular weight is 316 g/mol. The monoisotopic (exact) mass is 316 g/mol. The van der Waals surface area contributed by atoms with Gasteiger partial charge in [0, 0.05) is 19.3 Å². The Bertz CT molecular complexity index is 839. The zero-order valence-corrected chi connectivity index (χ0v) is 13.2. The van der Waals surface area contributed by atoms with E-state index >= 15 is 0 Å². The van der Waals surface area contributed by atoms with E-state index < -0.39 is 0 Å². The maximum absolute atomic E-state index is 8.83. The molecule has 6 nitrogen and oxygen atoms in total. The van der Waals surface area contributed by atoms with Crippen LogP contribution in [0.15, 0.2) is 60.8 Å². The zero-order valence-electron chi connectivity index (χ0n) is 13.2. The maximum atomic E-state index is 8.83. The Morgan fingerprint density at radius 3 is 2.54 bits per heavy atom. The van der Waals surface area contributed by atoms with E-state index in [4.69, 9.17) is 5.26 Å². The van der Waals surface area contributed by atoms with Gasteiger partial charge in [0.15, 0.2) is 5.82 Å². The predicted octanol–water partition coefficient (Wildman–Crippen LogP) is 3.12. The SMILES string of the molecule is CN(Cc1ccccc1)c1cnnc(Nc2ccc(C#N)cc2)n1. The van der Waals surface area contributed by atoms with E-state index in [2.05, 4.69) is 38.7 Å². The highest BCUT2D eigenvalue weighted by molar-refractivity contribution is 5.55. The summed E-state index contributed by atoms with van der Waals surface area (Å²) in [6.45, 7) is 0.732. The molecule has 0 aliphatic heterocycles. The molecule has 3 rings (SSSR count). The maximum Gasteiger partial charge on any atom is 0.249 e. The van der Waals surface area contributed by atoms with Crippen LogP contribution in [0.3, 0.4) is 0 Å². The standard InChI is InChI=1S/C18H16N6/c1-24(13-15-5-3-2-4-6-15)17-12-20-23-18(22-17)21-16-9-7-14(11-19)8-10-16/h2-10,12H,13H2,1H3,(H,21,22,23). The van der Waals surface area contributed by atoms with E-state index in [1.165, 1.54) is 5.56 Å². The molecule has 1 heterocycles. The number of nitriles is 1. The minimum Gasteiger partial charge on any atom is -0.354 e. The van der Waals surface area contributed by atoms with Crippen molar-refractivity contribution in [1.29, 1.82) is 5.26 Å². The van der Waals surface area contributed by atoms with Crippen molar-refractivity contribution in [3.8, 4) is 6.07 Å². The molecule has 0 atom stereocenters. The first kappa shape index (κ1) is 15.4. The molecule has 0 saturated carbocycles.